The third kappa shape index (κ3) is 3.83. The lowest BCUT2D eigenvalue weighted by molar-refractivity contribution is 0.0329. The molecule has 0 radical (unpaired) electrons. The van der Waals surface area contributed by atoms with Gasteiger partial charge in [-0.25, -0.2) is 0 Å². The van der Waals surface area contributed by atoms with E-state index >= 15 is 0 Å². The normalized spacial score (nSPS) is 14.6. The summed E-state index contributed by atoms with van der Waals surface area (Å²) in [5.74, 6) is 0. The van der Waals surface area contributed by atoms with Gasteiger partial charge in [0.15, 0.2) is 0 Å². The second-order valence-electron chi connectivity index (χ2n) is 4.61. The number of aryl methyl sites for hydroxylation is 1. The van der Waals surface area contributed by atoms with Crippen LogP contribution < -0.4 is 5.32 Å². The summed E-state index contributed by atoms with van der Waals surface area (Å²) < 4.78 is 0. The highest BCUT2D eigenvalue weighted by atomic mass is 16.3. The molecule has 0 fully saturated rings. The molecule has 0 aliphatic rings. The summed E-state index contributed by atoms with van der Waals surface area (Å²) in [7, 11) is 0. The van der Waals surface area contributed by atoms with Gasteiger partial charge in [0, 0.05) is 6.54 Å². The molecule has 0 bridgehead atoms. The molecule has 1 unspecified atom stereocenters. The number of benzene rings is 1. The summed E-state index contributed by atoms with van der Waals surface area (Å²) >= 11 is 0. The molecule has 1 aromatic carbocycles. The van der Waals surface area contributed by atoms with Crippen LogP contribution in [0.15, 0.2) is 24.3 Å². The van der Waals surface area contributed by atoms with Gasteiger partial charge in [0.25, 0.3) is 0 Å². The minimum absolute atomic E-state index is 0.628. The Balaban J connectivity index is 2.75. The van der Waals surface area contributed by atoms with Crippen LogP contribution in [0, 0.1) is 0 Å². The van der Waals surface area contributed by atoms with Gasteiger partial charge >= 0.3 is 0 Å². The second kappa shape index (κ2) is 6.77. The highest BCUT2D eigenvalue weighted by Crippen LogP contribution is 2.24. The van der Waals surface area contributed by atoms with E-state index in [1.807, 2.05) is 6.92 Å². The number of hydrogen-bond donors (Lipinski definition) is 2. The molecule has 0 saturated heterocycles. The SMILES string of the molecule is CCCNCC(O)(CC)c1ccc(CC)cc1. The molecule has 0 saturated carbocycles. The molecule has 2 N–H and O–H groups in total. The fourth-order valence-electron chi connectivity index (χ4n) is 1.95. The fraction of sp³-hybridized carbons (Fsp3) is 0.600. The van der Waals surface area contributed by atoms with Gasteiger partial charge in [-0.05, 0) is 36.9 Å². The van der Waals surface area contributed by atoms with Gasteiger partial charge in [-0.3, -0.25) is 0 Å². The summed E-state index contributed by atoms with van der Waals surface area (Å²) in [6.07, 6.45) is 2.86. The molecule has 0 amide bonds. The largest absolute Gasteiger partial charge is 0.384 e. The molecule has 0 heterocycles. The number of rotatable bonds is 7. The first-order chi connectivity index (χ1) is 8.16. The van der Waals surface area contributed by atoms with Crippen LogP contribution >= 0.6 is 0 Å². The van der Waals surface area contributed by atoms with E-state index in [9.17, 15) is 5.11 Å². The van der Waals surface area contributed by atoms with Gasteiger partial charge in [0.05, 0.1) is 0 Å². The first-order valence-corrected chi connectivity index (χ1v) is 6.68. The van der Waals surface area contributed by atoms with E-state index in [0.29, 0.717) is 6.54 Å². The average molecular weight is 235 g/mol. The summed E-state index contributed by atoms with van der Waals surface area (Å²) in [4.78, 5) is 0. The quantitative estimate of drug-likeness (QED) is 0.712. The van der Waals surface area contributed by atoms with E-state index in [4.69, 9.17) is 0 Å². The Morgan fingerprint density at radius 2 is 1.76 bits per heavy atom. The average Bonchev–Trinajstić information content (AvgIpc) is 2.39. The standard InChI is InChI=1S/C15H25NO/c1-4-11-16-12-15(17,6-3)14-9-7-13(5-2)8-10-14/h7-10,16-17H,4-6,11-12H2,1-3H3. The molecular formula is C15H25NO. The van der Waals surface area contributed by atoms with Crippen molar-refractivity contribution >= 4 is 0 Å². The van der Waals surface area contributed by atoms with Gasteiger partial charge in [0.1, 0.15) is 5.60 Å². The highest BCUT2D eigenvalue weighted by Gasteiger charge is 2.26. The molecule has 2 heteroatoms. The Kier molecular flexibility index (Phi) is 5.66. The molecular weight excluding hydrogens is 210 g/mol. The van der Waals surface area contributed by atoms with Crippen LogP contribution in [0.3, 0.4) is 0 Å². The molecule has 0 aliphatic carbocycles. The number of aliphatic hydroxyl groups is 1. The Labute approximate surface area is 105 Å². The summed E-state index contributed by atoms with van der Waals surface area (Å²) in [5, 5.41) is 13.9. The maximum Gasteiger partial charge on any atom is 0.102 e. The Morgan fingerprint density at radius 3 is 2.24 bits per heavy atom. The van der Waals surface area contributed by atoms with Gasteiger partial charge in [-0.15, -0.1) is 0 Å². The molecule has 96 valence electrons. The molecule has 17 heavy (non-hydrogen) atoms. The lowest BCUT2D eigenvalue weighted by Crippen LogP contribution is -2.37. The van der Waals surface area contributed by atoms with Gasteiger partial charge in [-0.1, -0.05) is 45.0 Å². The van der Waals surface area contributed by atoms with E-state index in [1.54, 1.807) is 0 Å². The van der Waals surface area contributed by atoms with E-state index in [0.717, 1.165) is 31.4 Å². The first-order valence-electron chi connectivity index (χ1n) is 6.68. The van der Waals surface area contributed by atoms with Crippen molar-refractivity contribution in [2.45, 2.75) is 45.6 Å². The molecule has 1 rings (SSSR count). The van der Waals surface area contributed by atoms with Crippen LogP contribution in [-0.4, -0.2) is 18.2 Å². The number of nitrogens with one attached hydrogen (secondary N) is 1. The van der Waals surface area contributed by atoms with Crippen LogP contribution in [0.25, 0.3) is 0 Å². The van der Waals surface area contributed by atoms with Crippen molar-refractivity contribution in [1.82, 2.24) is 5.32 Å². The third-order valence-corrected chi connectivity index (χ3v) is 3.33. The minimum Gasteiger partial charge on any atom is -0.384 e. The maximum absolute atomic E-state index is 10.6. The summed E-state index contributed by atoms with van der Waals surface area (Å²) in [6, 6.07) is 8.32. The van der Waals surface area contributed by atoms with Gasteiger partial charge in [-0.2, -0.15) is 0 Å². The highest BCUT2D eigenvalue weighted by molar-refractivity contribution is 5.27. The number of hydrogen-bond acceptors (Lipinski definition) is 2. The smallest absolute Gasteiger partial charge is 0.102 e. The molecule has 0 aliphatic heterocycles. The van der Waals surface area contributed by atoms with Crippen LogP contribution in [0.4, 0.5) is 0 Å². The lowest BCUT2D eigenvalue weighted by Gasteiger charge is -2.28. The van der Waals surface area contributed by atoms with Crippen LogP contribution in [0.1, 0.15) is 44.7 Å². The molecule has 1 aromatic rings. The van der Waals surface area contributed by atoms with E-state index < -0.39 is 5.60 Å². The van der Waals surface area contributed by atoms with Crippen molar-refractivity contribution in [2.75, 3.05) is 13.1 Å². The Bertz CT molecular complexity index is 320. The molecule has 2 nitrogen and oxygen atoms in total. The van der Waals surface area contributed by atoms with Crippen molar-refractivity contribution in [1.29, 1.82) is 0 Å². The van der Waals surface area contributed by atoms with E-state index in [2.05, 4.69) is 43.4 Å². The van der Waals surface area contributed by atoms with Crippen molar-refractivity contribution in [3.05, 3.63) is 35.4 Å². The molecule has 1 atom stereocenters. The zero-order chi connectivity index (χ0) is 12.7. The zero-order valence-corrected chi connectivity index (χ0v) is 11.3. The van der Waals surface area contributed by atoms with Crippen molar-refractivity contribution in [3.8, 4) is 0 Å². The Hall–Kier alpha value is -0.860. The van der Waals surface area contributed by atoms with Crippen molar-refractivity contribution in [3.63, 3.8) is 0 Å². The summed E-state index contributed by atoms with van der Waals surface area (Å²) in [6.45, 7) is 7.89. The Morgan fingerprint density at radius 1 is 1.12 bits per heavy atom. The lowest BCUT2D eigenvalue weighted by atomic mass is 9.90. The summed E-state index contributed by atoms with van der Waals surface area (Å²) in [5.41, 5.74) is 1.59. The monoisotopic (exact) mass is 235 g/mol. The van der Waals surface area contributed by atoms with Crippen molar-refractivity contribution in [2.24, 2.45) is 0 Å². The van der Waals surface area contributed by atoms with Crippen LogP contribution in [0.5, 0.6) is 0 Å². The predicted molar refractivity (Wildman–Crippen MR) is 73.2 cm³/mol. The van der Waals surface area contributed by atoms with E-state index in [1.165, 1.54) is 5.56 Å². The third-order valence-electron chi connectivity index (χ3n) is 3.33. The van der Waals surface area contributed by atoms with Gasteiger partial charge in [0.2, 0.25) is 0 Å². The first kappa shape index (κ1) is 14.2. The fourth-order valence-corrected chi connectivity index (χ4v) is 1.95. The van der Waals surface area contributed by atoms with Crippen molar-refractivity contribution < 1.29 is 5.11 Å². The van der Waals surface area contributed by atoms with Crippen LogP contribution in [-0.2, 0) is 12.0 Å². The van der Waals surface area contributed by atoms with E-state index in [-0.39, 0.29) is 0 Å². The molecule has 0 spiro atoms. The molecule has 0 aromatic heterocycles. The predicted octanol–water partition coefficient (Wildman–Crippen LogP) is 2.85. The van der Waals surface area contributed by atoms with Gasteiger partial charge < -0.3 is 10.4 Å². The maximum atomic E-state index is 10.6. The zero-order valence-electron chi connectivity index (χ0n) is 11.3. The second-order valence-corrected chi connectivity index (χ2v) is 4.61. The van der Waals surface area contributed by atoms with Crippen LogP contribution in [0.2, 0.25) is 0 Å². The topological polar surface area (TPSA) is 32.3 Å². The minimum atomic E-state index is -0.735.